The molecule has 5 heteroatoms. The van der Waals surface area contributed by atoms with Crippen molar-refractivity contribution in [3.63, 3.8) is 0 Å². The lowest BCUT2D eigenvalue weighted by Gasteiger charge is -2.18. The van der Waals surface area contributed by atoms with Gasteiger partial charge in [-0.05, 0) is 24.6 Å². The average Bonchev–Trinajstić information content (AvgIpc) is 2.43. The molecular formula is C16H16F2N2O. The maximum atomic E-state index is 13.4. The second kappa shape index (κ2) is 5.91. The number of hydrogen-bond donors (Lipinski definition) is 1. The number of nitrogen functional groups attached to an aromatic ring is 1. The summed E-state index contributed by atoms with van der Waals surface area (Å²) in [5.74, 6) is -2.32. The van der Waals surface area contributed by atoms with Crippen LogP contribution in [0.5, 0.6) is 0 Å². The fraction of sp³-hybridized carbons (Fsp3) is 0.188. The van der Waals surface area contributed by atoms with E-state index in [1.807, 2.05) is 31.2 Å². The van der Waals surface area contributed by atoms with Crippen LogP contribution in [0.25, 0.3) is 0 Å². The van der Waals surface area contributed by atoms with E-state index < -0.39 is 23.2 Å². The summed E-state index contributed by atoms with van der Waals surface area (Å²) in [6.45, 7) is 2.31. The van der Waals surface area contributed by atoms with Crippen LogP contribution in [-0.4, -0.2) is 17.9 Å². The minimum Gasteiger partial charge on any atom is -0.394 e. The molecule has 0 saturated heterocycles. The monoisotopic (exact) mass is 290 g/mol. The molecule has 0 radical (unpaired) electrons. The molecule has 3 nitrogen and oxygen atoms in total. The second-order valence-electron chi connectivity index (χ2n) is 5.00. The molecule has 2 N–H and O–H groups in total. The van der Waals surface area contributed by atoms with Gasteiger partial charge < -0.3 is 10.6 Å². The summed E-state index contributed by atoms with van der Waals surface area (Å²) in [6, 6.07) is 9.59. The van der Waals surface area contributed by atoms with Crippen molar-refractivity contribution in [2.45, 2.75) is 13.5 Å². The Balaban J connectivity index is 2.20. The van der Waals surface area contributed by atoms with Crippen molar-refractivity contribution in [1.82, 2.24) is 4.90 Å². The number of hydrogen-bond acceptors (Lipinski definition) is 2. The molecule has 0 heterocycles. The lowest BCUT2D eigenvalue weighted by atomic mass is 10.1. The molecule has 0 spiro atoms. The fourth-order valence-corrected chi connectivity index (χ4v) is 2.08. The molecule has 0 aliphatic heterocycles. The predicted octanol–water partition coefficient (Wildman–Crippen LogP) is 3.13. The Hall–Kier alpha value is -2.43. The maximum Gasteiger partial charge on any atom is 0.254 e. The molecule has 0 fully saturated rings. The molecule has 0 aliphatic rings. The smallest absolute Gasteiger partial charge is 0.254 e. The largest absolute Gasteiger partial charge is 0.394 e. The third-order valence-electron chi connectivity index (χ3n) is 3.17. The van der Waals surface area contributed by atoms with Gasteiger partial charge in [-0.3, -0.25) is 4.79 Å². The van der Waals surface area contributed by atoms with E-state index in [0.717, 1.165) is 23.3 Å². The van der Waals surface area contributed by atoms with E-state index in [4.69, 9.17) is 5.73 Å². The highest BCUT2D eigenvalue weighted by Crippen LogP contribution is 2.19. The Morgan fingerprint density at radius 2 is 1.81 bits per heavy atom. The molecule has 110 valence electrons. The number of rotatable bonds is 3. The van der Waals surface area contributed by atoms with Gasteiger partial charge in [0.2, 0.25) is 0 Å². The Kier molecular flexibility index (Phi) is 4.21. The second-order valence-corrected chi connectivity index (χ2v) is 5.00. The van der Waals surface area contributed by atoms with Crippen LogP contribution in [0.1, 0.15) is 21.5 Å². The van der Waals surface area contributed by atoms with Crippen LogP contribution < -0.4 is 5.73 Å². The van der Waals surface area contributed by atoms with Crippen molar-refractivity contribution in [2.24, 2.45) is 0 Å². The summed E-state index contributed by atoms with van der Waals surface area (Å²) in [7, 11) is 1.58. The molecule has 0 saturated carbocycles. The van der Waals surface area contributed by atoms with Crippen LogP contribution in [0.4, 0.5) is 14.5 Å². The van der Waals surface area contributed by atoms with E-state index in [0.29, 0.717) is 6.54 Å². The fourth-order valence-electron chi connectivity index (χ4n) is 2.08. The zero-order chi connectivity index (χ0) is 15.6. The third kappa shape index (κ3) is 3.37. The standard InChI is InChI=1S/C16H16F2N2O/c1-10-4-3-5-11(6-10)9-20(2)16(21)12-7-13(17)15(19)14(18)8-12/h3-8H,9,19H2,1-2H3. The quantitative estimate of drug-likeness (QED) is 0.883. The maximum absolute atomic E-state index is 13.4. The molecule has 2 aromatic rings. The Labute approximate surface area is 122 Å². The number of nitrogens with two attached hydrogens (primary N) is 1. The van der Waals surface area contributed by atoms with Gasteiger partial charge in [0.1, 0.15) is 17.3 Å². The first-order valence-corrected chi connectivity index (χ1v) is 6.44. The highest BCUT2D eigenvalue weighted by atomic mass is 19.1. The zero-order valence-corrected chi connectivity index (χ0v) is 11.9. The number of amides is 1. The number of carbonyl (C=O) groups is 1. The van der Waals surface area contributed by atoms with Gasteiger partial charge in [-0.2, -0.15) is 0 Å². The zero-order valence-electron chi connectivity index (χ0n) is 11.9. The van der Waals surface area contributed by atoms with Crippen LogP contribution >= 0.6 is 0 Å². The number of nitrogens with zero attached hydrogens (tertiary/aromatic N) is 1. The highest BCUT2D eigenvalue weighted by molar-refractivity contribution is 5.94. The molecule has 0 unspecified atom stereocenters. The first kappa shape index (κ1) is 15.0. The first-order valence-electron chi connectivity index (χ1n) is 6.44. The van der Waals surface area contributed by atoms with E-state index in [1.165, 1.54) is 4.90 Å². The first-order chi connectivity index (χ1) is 9.88. The van der Waals surface area contributed by atoms with Gasteiger partial charge in [0.15, 0.2) is 0 Å². The topological polar surface area (TPSA) is 46.3 Å². The summed E-state index contributed by atoms with van der Waals surface area (Å²) in [5.41, 5.74) is 6.58. The Bertz CT molecular complexity index is 663. The van der Waals surface area contributed by atoms with E-state index in [2.05, 4.69) is 0 Å². The van der Waals surface area contributed by atoms with E-state index in [9.17, 15) is 13.6 Å². The molecule has 0 aromatic heterocycles. The normalized spacial score (nSPS) is 10.5. The van der Waals surface area contributed by atoms with Crippen LogP contribution in [0.2, 0.25) is 0 Å². The third-order valence-corrected chi connectivity index (χ3v) is 3.17. The SMILES string of the molecule is Cc1cccc(CN(C)C(=O)c2cc(F)c(N)c(F)c2)c1. The van der Waals surface area contributed by atoms with Gasteiger partial charge in [0.05, 0.1) is 0 Å². The number of carbonyl (C=O) groups excluding carboxylic acids is 1. The highest BCUT2D eigenvalue weighted by Gasteiger charge is 2.16. The molecule has 0 atom stereocenters. The molecule has 2 rings (SSSR count). The molecule has 0 bridgehead atoms. The minimum atomic E-state index is -0.928. The van der Waals surface area contributed by atoms with Crippen molar-refractivity contribution < 1.29 is 13.6 Å². The van der Waals surface area contributed by atoms with Gasteiger partial charge >= 0.3 is 0 Å². The van der Waals surface area contributed by atoms with Crippen LogP contribution in [-0.2, 0) is 6.54 Å². The summed E-state index contributed by atoms with van der Waals surface area (Å²) in [5, 5.41) is 0. The Morgan fingerprint density at radius 1 is 1.19 bits per heavy atom. The van der Waals surface area contributed by atoms with E-state index in [-0.39, 0.29) is 5.56 Å². The van der Waals surface area contributed by atoms with Gasteiger partial charge in [-0.25, -0.2) is 8.78 Å². The van der Waals surface area contributed by atoms with Crippen molar-refractivity contribution in [3.8, 4) is 0 Å². The number of anilines is 1. The lowest BCUT2D eigenvalue weighted by molar-refractivity contribution is 0.0784. The van der Waals surface area contributed by atoms with Crippen molar-refractivity contribution >= 4 is 11.6 Å². The van der Waals surface area contributed by atoms with E-state index >= 15 is 0 Å². The lowest BCUT2D eigenvalue weighted by Crippen LogP contribution is -2.26. The van der Waals surface area contributed by atoms with Gasteiger partial charge in [-0.15, -0.1) is 0 Å². The molecular weight excluding hydrogens is 274 g/mol. The van der Waals surface area contributed by atoms with Crippen LogP contribution in [0.3, 0.4) is 0 Å². The molecule has 0 aliphatic carbocycles. The van der Waals surface area contributed by atoms with Crippen molar-refractivity contribution in [3.05, 3.63) is 64.7 Å². The van der Waals surface area contributed by atoms with Crippen molar-refractivity contribution in [2.75, 3.05) is 12.8 Å². The summed E-state index contributed by atoms with van der Waals surface area (Å²) in [4.78, 5) is 13.6. The summed E-state index contributed by atoms with van der Waals surface area (Å²) < 4.78 is 26.8. The number of benzene rings is 2. The summed E-state index contributed by atoms with van der Waals surface area (Å²) >= 11 is 0. The van der Waals surface area contributed by atoms with Gasteiger partial charge in [-0.1, -0.05) is 29.8 Å². The van der Waals surface area contributed by atoms with Crippen LogP contribution in [0, 0.1) is 18.6 Å². The number of halogens is 2. The van der Waals surface area contributed by atoms with Gasteiger partial charge in [0, 0.05) is 19.2 Å². The predicted molar refractivity (Wildman–Crippen MR) is 77.7 cm³/mol. The van der Waals surface area contributed by atoms with Crippen LogP contribution in [0.15, 0.2) is 36.4 Å². The number of aryl methyl sites for hydroxylation is 1. The minimum absolute atomic E-state index is 0.0608. The summed E-state index contributed by atoms with van der Waals surface area (Å²) in [6.07, 6.45) is 0. The van der Waals surface area contributed by atoms with Gasteiger partial charge in [0.25, 0.3) is 5.91 Å². The molecule has 1 amide bonds. The molecule has 2 aromatic carbocycles. The van der Waals surface area contributed by atoms with Crippen molar-refractivity contribution in [1.29, 1.82) is 0 Å². The Morgan fingerprint density at radius 3 is 2.38 bits per heavy atom. The van der Waals surface area contributed by atoms with E-state index in [1.54, 1.807) is 7.05 Å². The average molecular weight is 290 g/mol. The molecule has 21 heavy (non-hydrogen) atoms.